The summed E-state index contributed by atoms with van der Waals surface area (Å²) in [6, 6.07) is 5.30. The van der Waals surface area contributed by atoms with Crippen LogP contribution in [-0.4, -0.2) is 50.0 Å². The zero-order valence-corrected chi connectivity index (χ0v) is 14.6. The first kappa shape index (κ1) is 14.4. The van der Waals surface area contributed by atoms with Gasteiger partial charge in [-0.05, 0) is 40.0 Å². The van der Waals surface area contributed by atoms with Crippen LogP contribution in [-0.2, 0) is 6.54 Å². The molecule has 0 spiro atoms. The molecule has 3 saturated heterocycles. The van der Waals surface area contributed by atoms with E-state index in [1.807, 2.05) is 18.6 Å². The Hall–Kier alpha value is -1.99. The molecule has 1 N–H and O–H groups in total. The Morgan fingerprint density at radius 1 is 1.21 bits per heavy atom. The van der Waals surface area contributed by atoms with Crippen LogP contribution in [0.1, 0.15) is 12.0 Å². The number of pyridine rings is 1. The lowest BCUT2D eigenvalue weighted by Gasteiger charge is -2.57. The predicted molar refractivity (Wildman–Crippen MR) is 95.8 cm³/mol. The molecule has 0 amide bonds. The number of H-pyrrole nitrogens is 1. The van der Waals surface area contributed by atoms with E-state index in [2.05, 4.69) is 57.8 Å². The third-order valence-corrected chi connectivity index (χ3v) is 5.45. The molecule has 122 valence electrons. The van der Waals surface area contributed by atoms with Crippen LogP contribution < -0.4 is 4.90 Å². The van der Waals surface area contributed by atoms with Gasteiger partial charge in [-0.25, -0.2) is 9.97 Å². The molecule has 0 aliphatic carbocycles. The fourth-order valence-corrected chi connectivity index (χ4v) is 4.45. The smallest absolute Gasteiger partial charge is 0.142 e. The second-order valence-corrected chi connectivity index (χ2v) is 7.51. The number of piperidine rings is 1. The van der Waals surface area contributed by atoms with E-state index in [-0.39, 0.29) is 0 Å². The first-order chi connectivity index (χ1) is 11.8. The second kappa shape index (κ2) is 5.53. The van der Waals surface area contributed by atoms with Crippen molar-refractivity contribution in [3.05, 3.63) is 47.1 Å². The van der Waals surface area contributed by atoms with Crippen molar-refractivity contribution in [3.63, 3.8) is 0 Å². The number of nitrogens with zero attached hydrogens (tertiary/aromatic N) is 5. The lowest BCUT2D eigenvalue weighted by molar-refractivity contribution is 0.108. The highest BCUT2D eigenvalue weighted by atomic mass is 79.9. The van der Waals surface area contributed by atoms with Gasteiger partial charge in [0.05, 0.1) is 5.39 Å². The molecule has 0 aromatic carbocycles. The molecule has 2 bridgehead atoms. The van der Waals surface area contributed by atoms with Crippen LogP contribution in [0.25, 0.3) is 11.0 Å². The average molecular weight is 385 g/mol. The van der Waals surface area contributed by atoms with E-state index in [4.69, 9.17) is 0 Å². The van der Waals surface area contributed by atoms with Crippen LogP contribution in [0.15, 0.2) is 41.5 Å². The number of piperazine rings is 1. The zero-order chi connectivity index (χ0) is 16.1. The molecule has 6 heterocycles. The number of nitrogens with one attached hydrogen (secondary N) is 1. The van der Waals surface area contributed by atoms with Crippen molar-refractivity contribution in [1.82, 2.24) is 24.8 Å². The number of aromatic amines is 1. The molecule has 0 radical (unpaired) electrons. The summed E-state index contributed by atoms with van der Waals surface area (Å²) in [5.74, 6) is 1.08. The summed E-state index contributed by atoms with van der Waals surface area (Å²) in [5, 5.41) is 1.12. The molecule has 6 rings (SSSR count). The number of rotatable bonds is 3. The molecule has 3 aliphatic rings. The number of aromatic nitrogens is 4. The topological polar surface area (TPSA) is 60.9 Å². The normalized spacial score (nSPS) is 23.5. The Morgan fingerprint density at radius 3 is 2.92 bits per heavy atom. The number of hydrogen-bond acceptors (Lipinski definition) is 5. The van der Waals surface area contributed by atoms with Gasteiger partial charge < -0.3 is 9.88 Å². The summed E-state index contributed by atoms with van der Waals surface area (Å²) >= 11 is 3.50. The van der Waals surface area contributed by atoms with E-state index in [0.717, 1.165) is 41.0 Å². The van der Waals surface area contributed by atoms with Crippen molar-refractivity contribution in [2.24, 2.45) is 0 Å². The molecule has 0 saturated carbocycles. The summed E-state index contributed by atoms with van der Waals surface area (Å²) < 4.78 is 1.04. The van der Waals surface area contributed by atoms with Gasteiger partial charge in [-0.15, -0.1) is 0 Å². The standard InChI is InChI=1S/C17H17BrN6/c18-12-3-11(5-19-6-12)7-23-8-13-4-14(9-23)24(13)17-15-1-2-20-16(15)21-10-22-17/h1-3,5-6,10,13-14H,4,7-9H2,(H,20,21,22). The SMILES string of the molecule is Brc1cncc(CN2CC3CC(C2)N3c2ncnc3[nH]ccc23)c1. The number of hydrogen-bond donors (Lipinski definition) is 1. The molecule has 3 aromatic heterocycles. The van der Waals surface area contributed by atoms with Crippen molar-refractivity contribution in [3.8, 4) is 0 Å². The van der Waals surface area contributed by atoms with Gasteiger partial charge in [-0.3, -0.25) is 9.88 Å². The van der Waals surface area contributed by atoms with Crippen LogP contribution in [0.4, 0.5) is 5.82 Å². The van der Waals surface area contributed by atoms with E-state index >= 15 is 0 Å². The Labute approximate surface area is 148 Å². The molecule has 3 fully saturated rings. The van der Waals surface area contributed by atoms with Gasteiger partial charge in [0.25, 0.3) is 0 Å². The third-order valence-electron chi connectivity index (χ3n) is 5.01. The van der Waals surface area contributed by atoms with Crippen LogP contribution in [0.3, 0.4) is 0 Å². The fraction of sp³-hybridized carbons (Fsp3) is 0.353. The van der Waals surface area contributed by atoms with E-state index in [1.54, 1.807) is 6.33 Å². The third kappa shape index (κ3) is 2.31. The summed E-state index contributed by atoms with van der Waals surface area (Å²) in [4.78, 5) is 21.3. The van der Waals surface area contributed by atoms with Gasteiger partial charge in [-0.2, -0.15) is 0 Å². The Bertz CT molecular complexity index is 881. The van der Waals surface area contributed by atoms with Gasteiger partial charge in [-0.1, -0.05) is 0 Å². The minimum Gasteiger partial charge on any atom is -0.347 e. The molecule has 2 atom stereocenters. The zero-order valence-electron chi connectivity index (χ0n) is 13.1. The summed E-state index contributed by atoms with van der Waals surface area (Å²) in [5.41, 5.74) is 2.18. The first-order valence-corrected chi connectivity index (χ1v) is 8.95. The van der Waals surface area contributed by atoms with Crippen LogP contribution in [0, 0.1) is 0 Å². The summed E-state index contributed by atoms with van der Waals surface area (Å²) in [7, 11) is 0. The van der Waals surface area contributed by atoms with E-state index in [9.17, 15) is 0 Å². The quantitative estimate of drug-likeness (QED) is 0.751. The van der Waals surface area contributed by atoms with Gasteiger partial charge in [0, 0.05) is 54.8 Å². The maximum atomic E-state index is 4.56. The summed E-state index contributed by atoms with van der Waals surface area (Å²) in [6.07, 6.45) is 8.63. The van der Waals surface area contributed by atoms with Crippen molar-refractivity contribution in [2.45, 2.75) is 25.0 Å². The highest BCUT2D eigenvalue weighted by Crippen LogP contribution is 2.38. The van der Waals surface area contributed by atoms with Gasteiger partial charge in [0.2, 0.25) is 0 Å². The average Bonchev–Trinajstić information content (AvgIpc) is 3.04. The Balaban J connectivity index is 1.35. The molecule has 3 aliphatic heterocycles. The number of anilines is 1. The van der Waals surface area contributed by atoms with Crippen LogP contribution >= 0.6 is 15.9 Å². The largest absolute Gasteiger partial charge is 0.347 e. The highest BCUT2D eigenvalue weighted by Gasteiger charge is 2.45. The Kier molecular flexibility index (Phi) is 3.31. The minimum atomic E-state index is 0.539. The summed E-state index contributed by atoms with van der Waals surface area (Å²) in [6.45, 7) is 3.09. The molecular formula is C17H17BrN6. The number of halogens is 1. The highest BCUT2D eigenvalue weighted by molar-refractivity contribution is 9.10. The van der Waals surface area contributed by atoms with Crippen molar-refractivity contribution < 1.29 is 0 Å². The van der Waals surface area contributed by atoms with Crippen molar-refractivity contribution >= 4 is 32.8 Å². The van der Waals surface area contributed by atoms with Crippen LogP contribution in [0.5, 0.6) is 0 Å². The lowest BCUT2D eigenvalue weighted by Crippen LogP contribution is -2.69. The van der Waals surface area contributed by atoms with E-state index < -0.39 is 0 Å². The van der Waals surface area contributed by atoms with Gasteiger partial charge in [0.1, 0.15) is 17.8 Å². The van der Waals surface area contributed by atoms with E-state index in [0.29, 0.717) is 12.1 Å². The lowest BCUT2D eigenvalue weighted by atomic mass is 9.87. The van der Waals surface area contributed by atoms with E-state index in [1.165, 1.54) is 12.0 Å². The molecular weight excluding hydrogens is 368 g/mol. The molecule has 6 nitrogen and oxygen atoms in total. The molecule has 7 heteroatoms. The van der Waals surface area contributed by atoms with Crippen molar-refractivity contribution in [2.75, 3.05) is 18.0 Å². The van der Waals surface area contributed by atoms with Gasteiger partial charge in [0.15, 0.2) is 0 Å². The Morgan fingerprint density at radius 2 is 2.08 bits per heavy atom. The van der Waals surface area contributed by atoms with Gasteiger partial charge >= 0.3 is 0 Å². The predicted octanol–water partition coefficient (Wildman–Crippen LogP) is 2.58. The van der Waals surface area contributed by atoms with Crippen LogP contribution in [0.2, 0.25) is 0 Å². The molecule has 3 aromatic rings. The molecule has 2 unspecified atom stereocenters. The maximum absolute atomic E-state index is 4.56. The first-order valence-electron chi connectivity index (χ1n) is 8.16. The molecule has 24 heavy (non-hydrogen) atoms. The minimum absolute atomic E-state index is 0.539. The number of fused-ring (bicyclic) bond motifs is 3. The second-order valence-electron chi connectivity index (χ2n) is 6.59. The monoisotopic (exact) mass is 384 g/mol. The van der Waals surface area contributed by atoms with Crippen molar-refractivity contribution in [1.29, 1.82) is 0 Å². The fourth-order valence-electron chi connectivity index (χ4n) is 4.04. The maximum Gasteiger partial charge on any atom is 0.142 e.